The highest BCUT2D eigenvalue weighted by Crippen LogP contribution is 2.40. The van der Waals surface area contributed by atoms with E-state index >= 15 is 0 Å². The van der Waals surface area contributed by atoms with Crippen LogP contribution in [0.3, 0.4) is 0 Å². The zero-order valence-corrected chi connectivity index (χ0v) is 28.7. The van der Waals surface area contributed by atoms with Crippen LogP contribution in [0.15, 0.2) is 70.9 Å². The molecule has 0 radical (unpaired) electrons. The van der Waals surface area contributed by atoms with Gasteiger partial charge in [0, 0.05) is 0 Å². The highest BCUT2D eigenvalue weighted by molar-refractivity contribution is 5.94. The van der Waals surface area contributed by atoms with E-state index in [0.717, 1.165) is 0 Å². The Morgan fingerprint density at radius 2 is 0.740 bits per heavy atom. The van der Waals surface area contributed by atoms with Crippen LogP contribution < -0.4 is 47.4 Å². The summed E-state index contributed by atoms with van der Waals surface area (Å²) in [5.74, 6) is 1.56. The summed E-state index contributed by atoms with van der Waals surface area (Å²) in [5.41, 5.74) is 1.61. The highest BCUT2D eigenvalue weighted by atomic mass is 16.6. The van der Waals surface area contributed by atoms with Crippen molar-refractivity contribution in [3.8, 4) is 57.5 Å². The average molecular weight is 689 g/mol. The minimum Gasteiger partial charge on any atom is -0.493 e. The van der Waals surface area contributed by atoms with Crippen LogP contribution in [-0.4, -0.2) is 81.2 Å². The topological polar surface area (TPSA) is 151 Å². The predicted octanol–water partition coefficient (Wildman–Crippen LogP) is 5.65. The molecule has 14 heteroatoms. The molecule has 0 saturated carbocycles. The molecule has 14 nitrogen and oxygen atoms in total. The van der Waals surface area contributed by atoms with Gasteiger partial charge in [0.25, 0.3) is 0 Å². The molecule has 0 aliphatic carbocycles. The molecule has 0 spiro atoms. The van der Waals surface area contributed by atoms with Crippen molar-refractivity contribution in [3.63, 3.8) is 0 Å². The second kappa shape index (κ2) is 17.1. The third-order valence-corrected chi connectivity index (χ3v) is 7.06. The fourth-order valence-corrected chi connectivity index (χ4v) is 4.61. The Hall–Kier alpha value is -6.44. The van der Waals surface area contributed by atoms with Crippen molar-refractivity contribution in [2.45, 2.75) is 0 Å². The molecule has 50 heavy (non-hydrogen) atoms. The highest BCUT2D eigenvalue weighted by Gasteiger charge is 2.21. The molecular weight excluding hydrogens is 652 g/mol. The molecule has 0 N–H and O–H groups in total. The molecular formula is C36H36N2O12. The van der Waals surface area contributed by atoms with Gasteiger partial charge in [-0.15, -0.1) is 0 Å². The molecule has 0 fully saturated rings. The number of carbonyl (C=O) groups is 2. The molecule has 4 aromatic rings. The quantitative estimate of drug-likeness (QED) is 0.0657. The summed E-state index contributed by atoms with van der Waals surface area (Å²) in [5, 5.41) is 8.20. The minimum absolute atomic E-state index is 0.183. The van der Waals surface area contributed by atoms with Crippen molar-refractivity contribution < 1.29 is 57.0 Å². The van der Waals surface area contributed by atoms with E-state index < -0.39 is 11.9 Å². The van der Waals surface area contributed by atoms with E-state index in [0.29, 0.717) is 57.1 Å². The number of esters is 2. The van der Waals surface area contributed by atoms with E-state index in [-0.39, 0.29) is 22.6 Å². The van der Waals surface area contributed by atoms with Crippen molar-refractivity contribution in [1.29, 1.82) is 0 Å². The van der Waals surface area contributed by atoms with Gasteiger partial charge >= 0.3 is 11.9 Å². The Balaban J connectivity index is 1.44. The van der Waals surface area contributed by atoms with Crippen LogP contribution >= 0.6 is 0 Å². The van der Waals surface area contributed by atoms with Crippen LogP contribution in [0.2, 0.25) is 0 Å². The summed E-state index contributed by atoms with van der Waals surface area (Å²) in [6, 6.07) is 15.7. The van der Waals surface area contributed by atoms with E-state index in [9.17, 15) is 9.59 Å². The molecule has 0 amide bonds. The Morgan fingerprint density at radius 3 is 1.02 bits per heavy atom. The van der Waals surface area contributed by atoms with Gasteiger partial charge in [-0.25, -0.2) is 9.59 Å². The van der Waals surface area contributed by atoms with E-state index in [1.54, 1.807) is 36.4 Å². The third-order valence-electron chi connectivity index (χ3n) is 7.06. The number of ether oxygens (including phenoxy) is 10. The van der Waals surface area contributed by atoms with Gasteiger partial charge in [0.15, 0.2) is 46.0 Å². The molecule has 0 aliphatic heterocycles. The number of rotatable bonds is 15. The number of nitrogens with zero attached hydrogens (tertiary/aromatic N) is 2. The Kier molecular flexibility index (Phi) is 12.5. The van der Waals surface area contributed by atoms with Crippen LogP contribution in [0.1, 0.15) is 31.8 Å². The SMILES string of the molecule is COc1cc(C=NN=Cc2ccc(OC(=O)c3cc(OC)c(OC)c(OC)c3)c(OC)c2)ccc1OC(=O)c1cc(OC)c(OC)c(OC)c1. The lowest BCUT2D eigenvalue weighted by Crippen LogP contribution is -2.10. The Bertz CT molecular complexity index is 1720. The first-order valence-electron chi connectivity index (χ1n) is 14.7. The molecule has 0 atom stereocenters. The minimum atomic E-state index is -0.661. The number of carbonyl (C=O) groups excluding carboxylic acids is 2. The van der Waals surface area contributed by atoms with Crippen molar-refractivity contribution in [2.75, 3.05) is 56.9 Å². The van der Waals surface area contributed by atoms with Crippen molar-refractivity contribution in [2.24, 2.45) is 10.2 Å². The lowest BCUT2D eigenvalue weighted by Gasteiger charge is -2.14. The second-order valence-electron chi connectivity index (χ2n) is 9.92. The molecule has 4 rings (SSSR count). The molecule has 0 heterocycles. The Labute approximate surface area is 288 Å². The van der Waals surface area contributed by atoms with E-state index in [4.69, 9.17) is 47.4 Å². The molecule has 262 valence electrons. The molecule has 0 saturated heterocycles. The lowest BCUT2D eigenvalue weighted by atomic mass is 10.1. The number of methoxy groups -OCH3 is 8. The van der Waals surface area contributed by atoms with Gasteiger partial charge in [0.05, 0.1) is 80.4 Å². The fraction of sp³-hybridized carbons (Fsp3) is 0.222. The van der Waals surface area contributed by atoms with E-state index in [1.165, 1.54) is 93.6 Å². The van der Waals surface area contributed by atoms with Crippen molar-refractivity contribution in [1.82, 2.24) is 0 Å². The van der Waals surface area contributed by atoms with E-state index in [2.05, 4.69) is 10.2 Å². The van der Waals surface area contributed by atoms with E-state index in [1.807, 2.05) is 0 Å². The fourth-order valence-electron chi connectivity index (χ4n) is 4.61. The van der Waals surface area contributed by atoms with Crippen molar-refractivity contribution >= 4 is 24.4 Å². The van der Waals surface area contributed by atoms with Gasteiger partial charge in [-0.05, 0) is 71.8 Å². The largest absolute Gasteiger partial charge is 0.493 e. The first kappa shape index (κ1) is 36.4. The smallest absolute Gasteiger partial charge is 0.343 e. The summed E-state index contributed by atoms with van der Waals surface area (Å²) >= 11 is 0. The summed E-state index contributed by atoms with van der Waals surface area (Å²) in [6.07, 6.45) is 2.99. The molecule has 0 bridgehead atoms. The molecule has 4 aromatic carbocycles. The third kappa shape index (κ3) is 8.34. The van der Waals surface area contributed by atoms with Crippen LogP contribution in [0.5, 0.6) is 57.5 Å². The normalized spacial score (nSPS) is 10.8. The zero-order valence-electron chi connectivity index (χ0n) is 28.7. The van der Waals surface area contributed by atoms with Gasteiger partial charge in [0.2, 0.25) is 11.5 Å². The molecule has 0 unspecified atom stereocenters. The summed E-state index contributed by atoms with van der Waals surface area (Å²) in [7, 11) is 11.6. The number of benzene rings is 4. The first-order valence-corrected chi connectivity index (χ1v) is 14.7. The maximum absolute atomic E-state index is 13.0. The summed E-state index contributed by atoms with van der Waals surface area (Å²) in [4.78, 5) is 26.0. The first-order chi connectivity index (χ1) is 24.2. The predicted molar refractivity (Wildman–Crippen MR) is 183 cm³/mol. The van der Waals surface area contributed by atoms with Gasteiger partial charge in [0.1, 0.15) is 0 Å². The summed E-state index contributed by atoms with van der Waals surface area (Å²) in [6.45, 7) is 0. The average Bonchev–Trinajstić information content (AvgIpc) is 3.15. The second-order valence-corrected chi connectivity index (χ2v) is 9.92. The van der Waals surface area contributed by atoms with Crippen LogP contribution in [0.4, 0.5) is 0 Å². The number of hydrogen-bond acceptors (Lipinski definition) is 14. The summed E-state index contributed by atoms with van der Waals surface area (Å²) < 4.78 is 54.0. The van der Waals surface area contributed by atoms with Crippen LogP contribution in [0, 0.1) is 0 Å². The number of hydrogen-bond donors (Lipinski definition) is 0. The van der Waals surface area contributed by atoms with Gasteiger partial charge < -0.3 is 47.4 Å². The molecule has 0 aromatic heterocycles. The van der Waals surface area contributed by atoms with Crippen LogP contribution in [0.25, 0.3) is 0 Å². The van der Waals surface area contributed by atoms with Crippen molar-refractivity contribution in [3.05, 3.63) is 82.9 Å². The van der Waals surface area contributed by atoms with Crippen LogP contribution in [-0.2, 0) is 0 Å². The monoisotopic (exact) mass is 688 g/mol. The lowest BCUT2D eigenvalue weighted by molar-refractivity contribution is 0.0719. The standard InChI is InChI=1S/C36H36N2O12/c1-41-27-13-21(9-11-25(27)49-35(39)23-15-29(43-3)33(47-7)30(16-23)44-4)19-37-38-20-22-10-12-26(28(14-22)42-2)50-36(40)24-17-31(45-5)34(48-8)32(18-24)46-6/h9-20H,1-8H3. The van der Waals surface area contributed by atoms with Gasteiger partial charge in [-0.2, -0.15) is 10.2 Å². The van der Waals surface area contributed by atoms with Gasteiger partial charge in [-0.3, -0.25) is 0 Å². The Morgan fingerprint density at radius 1 is 0.420 bits per heavy atom. The maximum Gasteiger partial charge on any atom is 0.343 e. The molecule has 0 aliphatic rings. The van der Waals surface area contributed by atoms with Gasteiger partial charge in [-0.1, -0.05) is 0 Å². The zero-order chi connectivity index (χ0) is 36.2. The maximum atomic E-state index is 13.0.